The molecule has 3 heterocycles. The summed E-state index contributed by atoms with van der Waals surface area (Å²) in [6.45, 7) is 2.91. The highest BCUT2D eigenvalue weighted by Crippen LogP contribution is 2.28. The van der Waals surface area contributed by atoms with Crippen molar-refractivity contribution in [3.63, 3.8) is 0 Å². The molecule has 164 valence electrons. The summed E-state index contributed by atoms with van der Waals surface area (Å²) in [4.78, 5) is 39.7. The van der Waals surface area contributed by atoms with E-state index in [2.05, 4.69) is 15.3 Å². The molecule has 2 saturated heterocycles. The Hall–Kier alpha value is -3.27. The zero-order valence-electron chi connectivity index (χ0n) is 17.5. The Kier molecular flexibility index (Phi) is 5.99. The van der Waals surface area contributed by atoms with Crippen LogP contribution in [0, 0.1) is 11.7 Å². The molecule has 2 fully saturated rings. The predicted octanol–water partition coefficient (Wildman–Crippen LogP) is 1.51. The van der Waals surface area contributed by atoms with E-state index < -0.39 is 5.92 Å². The third-order valence-corrected chi connectivity index (χ3v) is 5.37. The molecule has 2 aromatic rings. The number of amides is 2. The zero-order valence-corrected chi connectivity index (χ0v) is 17.5. The number of anilines is 4. The summed E-state index contributed by atoms with van der Waals surface area (Å²) >= 11 is 0. The maximum atomic E-state index is 13.2. The minimum absolute atomic E-state index is 0.0905. The molecule has 1 aromatic heterocycles. The van der Waals surface area contributed by atoms with Crippen molar-refractivity contribution in [1.29, 1.82) is 0 Å². The van der Waals surface area contributed by atoms with Gasteiger partial charge in [-0.1, -0.05) is 0 Å². The molecular formula is C21H25FN6O3. The molecule has 31 heavy (non-hydrogen) atoms. The lowest BCUT2D eigenvalue weighted by molar-refractivity contribution is -0.122. The van der Waals surface area contributed by atoms with E-state index in [4.69, 9.17) is 4.74 Å². The van der Waals surface area contributed by atoms with Crippen LogP contribution in [-0.2, 0) is 14.3 Å². The van der Waals surface area contributed by atoms with E-state index >= 15 is 0 Å². The second-order valence-electron chi connectivity index (χ2n) is 7.77. The molecule has 1 atom stereocenters. The van der Waals surface area contributed by atoms with Gasteiger partial charge in [0.2, 0.25) is 17.8 Å². The third-order valence-electron chi connectivity index (χ3n) is 5.37. The monoisotopic (exact) mass is 428 g/mol. The molecule has 2 aliphatic heterocycles. The lowest BCUT2D eigenvalue weighted by Gasteiger charge is -2.28. The van der Waals surface area contributed by atoms with E-state index in [-0.39, 0.29) is 30.6 Å². The molecule has 2 amide bonds. The van der Waals surface area contributed by atoms with Crippen LogP contribution in [0.2, 0.25) is 0 Å². The standard InChI is InChI=1S/C21H25FN6O3/c1-26(2)19-17(12-23-21(25-19)27-7-9-31-10-8-27)24-20(30)14-11-18(29)28(13-14)16-5-3-15(22)4-6-16/h3-6,12,14H,7-11,13H2,1-2H3,(H,24,30). The van der Waals surface area contributed by atoms with Crippen LogP contribution in [0.15, 0.2) is 30.5 Å². The van der Waals surface area contributed by atoms with Crippen LogP contribution >= 0.6 is 0 Å². The van der Waals surface area contributed by atoms with E-state index in [0.717, 1.165) is 0 Å². The molecule has 1 aromatic carbocycles. The first-order valence-corrected chi connectivity index (χ1v) is 10.2. The second kappa shape index (κ2) is 8.84. The number of benzene rings is 1. The van der Waals surface area contributed by atoms with Crippen molar-refractivity contribution in [2.75, 3.05) is 67.0 Å². The minimum atomic E-state index is -0.522. The quantitative estimate of drug-likeness (QED) is 0.772. The van der Waals surface area contributed by atoms with Crippen molar-refractivity contribution in [3.05, 3.63) is 36.3 Å². The summed E-state index contributed by atoms with van der Waals surface area (Å²) in [7, 11) is 3.69. The van der Waals surface area contributed by atoms with E-state index in [0.29, 0.717) is 49.4 Å². The fourth-order valence-corrected chi connectivity index (χ4v) is 3.70. The summed E-state index contributed by atoms with van der Waals surface area (Å²) in [5, 5.41) is 2.88. The number of halogens is 1. The van der Waals surface area contributed by atoms with Crippen LogP contribution < -0.4 is 20.0 Å². The molecule has 9 nitrogen and oxygen atoms in total. The van der Waals surface area contributed by atoms with Gasteiger partial charge < -0.3 is 24.8 Å². The molecule has 0 bridgehead atoms. The van der Waals surface area contributed by atoms with E-state index in [1.807, 2.05) is 23.9 Å². The van der Waals surface area contributed by atoms with Crippen molar-refractivity contribution in [1.82, 2.24) is 9.97 Å². The summed E-state index contributed by atoms with van der Waals surface area (Å²) in [5.74, 6) is -0.164. The van der Waals surface area contributed by atoms with Crippen molar-refractivity contribution in [3.8, 4) is 0 Å². The first-order valence-electron chi connectivity index (χ1n) is 10.2. The fourth-order valence-electron chi connectivity index (χ4n) is 3.70. The number of aromatic nitrogens is 2. The normalized spacial score (nSPS) is 18.9. The van der Waals surface area contributed by atoms with E-state index in [1.54, 1.807) is 6.20 Å². The van der Waals surface area contributed by atoms with E-state index in [9.17, 15) is 14.0 Å². The predicted molar refractivity (Wildman–Crippen MR) is 115 cm³/mol. The number of hydrogen-bond donors (Lipinski definition) is 1. The zero-order chi connectivity index (χ0) is 22.0. The second-order valence-corrected chi connectivity index (χ2v) is 7.77. The van der Waals surface area contributed by atoms with E-state index in [1.165, 1.54) is 29.2 Å². The van der Waals surface area contributed by atoms with Crippen LogP contribution in [-0.4, -0.2) is 68.7 Å². The Morgan fingerprint density at radius 2 is 1.94 bits per heavy atom. The van der Waals surface area contributed by atoms with Gasteiger partial charge in [0.25, 0.3) is 0 Å². The van der Waals surface area contributed by atoms with Crippen molar-refractivity contribution in [2.45, 2.75) is 6.42 Å². The number of ether oxygens (including phenoxy) is 1. The number of carbonyl (C=O) groups excluding carboxylic acids is 2. The Bertz CT molecular complexity index is 962. The largest absolute Gasteiger partial charge is 0.378 e. The molecule has 10 heteroatoms. The van der Waals surface area contributed by atoms with Crippen molar-refractivity contribution in [2.24, 2.45) is 5.92 Å². The minimum Gasteiger partial charge on any atom is -0.378 e. The Morgan fingerprint density at radius 1 is 1.23 bits per heavy atom. The number of rotatable bonds is 5. The summed E-state index contributed by atoms with van der Waals surface area (Å²) in [6, 6.07) is 5.67. The Morgan fingerprint density at radius 3 is 2.61 bits per heavy atom. The van der Waals surface area contributed by atoms with Gasteiger partial charge in [0.1, 0.15) is 11.5 Å². The summed E-state index contributed by atoms with van der Waals surface area (Å²) in [5.41, 5.74) is 1.06. The molecule has 0 spiro atoms. The molecule has 1 N–H and O–H groups in total. The van der Waals surface area contributed by atoms with Gasteiger partial charge in [-0.25, -0.2) is 9.37 Å². The molecule has 2 aliphatic rings. The third kappa shape index (κ3) is 4.58. The number of nitrogens with one attached hydrogen (secondary N) is 1. The maximum Gasteiger partial charge on any atom is 0.229 e. The molecule has 4 rings (SSSR count). The van der Waals surface area contributed by atoms with Crippen molar-refractivity contribution >= 4 is 35.0 Å². The molecule has 0 saturated carbocycles. The van der Waals surface area contributed by atoms with Crippen molar-refractivity contribution < 1.29 is 18.7 Å². The molecule has 1 unspecified atom stereocenters. The number of morpholine rings is 1. The van der Waals surface area contributed by atoms with Gasteiger partial charge in [-0.15, -0.1) is 0 Å². The SMILES string of the molecule is CN(C)c1nc(N2CCOCC2)ncc1NC(=O)C1CC(=O)N(c2ccc(F)cc2)C1. The topological polar surface area (TPSA) is 90.9 Å². The van der Waals surface area contributed by atoms with Crippen LogP contribution in [0.1, 0.15) is 6.42 Å². The van der Waals surface area contributed by atoms with Crippen LogP contribution in [0.4, 0.5) is 27.5 Å². The Balaban J connectivity index is 1.47. The number of carbonyl (C=O) groups is 2. The number of nitrogens with zero attached hydrogens (tertiary/aromatic N) is 5. The van der Waals surface area contributed by atoms with Crippen LogP contribution in [0.5, 0.6) is 0 Å². The molecule has 0 radical (unpaired) electrons. The lowest BCUT2D eigenvalue weighted by atomic mass is 10.1. The average molecular weight is 428 g/mol. The van der Waals surface area contributed by atoms with Gasteiger partial charge in [-0.05, 0) is 24.3 Å². The fraction of sp³-hybridized carbons (Fsp3) is 0.429. The van der Waals surface area contributed by atoms with Gasteiger partial charge in [-0.2, -0.15) is 4.98 Å². The molecular weight excluding hydrogens is 403 g/mol. The smallest absolute Gasteiger partial charge is 0.229 e. The Labute approximate surface area is 179 Å². The first-order chi connectivity index (χ1) is 14.9. The first kappa shape index (κ1) is 21.0. The van der Waals surface area contributed by atoms with Gasteiger partial charge in [-0.3, -0.25) is 9.59 Å². The highest BCUT2D eigenvalue weighted by atomic mass is 19.1. The highest BCUT2D eigenvalue weighted by Gasteiger charge is 2.35. The average Bonchev–Trinajstić information content (AvgIpc) is 3.17. The maximum absolute atomic E-state index is 13.2. The number of hydrogen-bond acceptors (Lipinski definition) is 7. The van der Waals surface area contributed by atoms with Gasteiger partial charge >= 0.3 is 0 Å². The highest BCUT2D eigenvalue weighted by molar-refractivity contribution is 6.04. The van der Waals surface area contributed by atoms with Gasteiger partial charge in [0, 0.05) is 45.8 Å². The van der Waals surface area contributed by atoms with Crippen LogP contribution in [0.3, 0.4) is 0 Å². The summed E-state index contributed by atoms with van der Waals surface area (Å²) < 4.78 is 18.5. The van der Waals surface area contributed by atoms with Gasteiger partial charge in [0.05, 0.1) is 25.3 Å². The van der Waals surface area contributed by atoms with Gasteiger partial charge in [0.15, 0.2) is 5.82 Å². The summed E-state index contributed by atoms with van der Waals surface area (Å²) in [6.07, 6.45) is 1.69. The molecule has 0 aliphatic carbocycles. The van der Waals surface area contributed by atoms with Crippen LogP contribution in [0.25, 0.3) is 0 Å². The lowest BCUT2D eigenvalue weighted by Crippen LogP contribution is -2.37.